The Hall–Kier alpha value is -1.88. The first-order valence-corrected chi connectivity index (χ1v) is 6.06. The minimum atomic E-state index is -0.148. The van der Waals surface area contributed by atoms with Gasteiger partial charge in [0.05, 0.1) is 0 Å². The van der Waals surface area contributed by atoms with Crippen molar-refractivity contribution in [1.29, 1.82) is 0 Å². The van der Waals surface area contributed by atoms with Gasteiger partial charge in [-0.15, -0.1) is 0 Å². The molecule has 5 heteroatoms. The number of aromatic nitrogens is 2. The highest BCUT2D eigenvalue weighted by Crippen LogP contribution is 2.35. The molecule has 2 heterocycles. The number of hydrogen-bond acceptors (Lipinski definition) is 5. The zero-order valence-corrected chi connectivity index (χ0v) is 10.2. The van der Waals surface area contributed by atoms with E-state index in [0.717, 1.165) is 12.2 Å². The molecule has 0 saturated heterocycles. The van der Waals surface area contributed by atoms with Gasteiger partial charge >= 0.3 is 0 Å². The van der Waals surface area contributed by atoms with Crippen LogP contribution in [0.2, 0.25) is 0 Å². The molecule has 5 nitrogen and oxygen atoms in total. The lowest BCUT2D eigenvalue weighted by Gasteiger charge is -2.04. The third-order valence-electron chi connectivity index (χ3n) is 3.17. The Balaban J connectivity index is 1.80. The molecule has 1 aliphatic heterocycles. The standard InChI is InChI=1S/C13H15N3O2/c1-8(7-14)13-15-12(16-18-13)11-6-9-4-2-3-5-10(9)17-11/h2-5,8,11H,6-7,14H2,1H3. The molecule has 2 unspecified atom stereocenters. The molecular weight excluding hydrogens is 230 g/mol. The van der Waals surface area contributed by atoms with Crippen molar-refractivity contribution in [1.82, 2.24) is 10.1 Å². The van der Waals surface area contributed by atoms with Crippen LogP contribution < -0.4 is 10.5 Å². The van der Waals surface area contributed by atoms with Crippen molar-refractivity contribution in [2.24, 2.45) is 5.73 Å². The molecule has 1 aliphatic rings. The van der Waals surface area contributed by atoms with Gasteiger partial charge in [-0.05, 0) is 11.6 Å². The molecule has 18 heavy (non-hydrogen) atoms. The highest BCUT2D eigenvalue weighted by atomic mass is 16.5. The first-order valence-electron chi connectivity index (χ1n) is 6.06. The largest absolute Gasteiger partial charge is 0.482 e. The van der Waals surface area contributed by atoms with Crippen LogP contribution in [-0.2, 0) is 6.42 Å². The molecule has 2 aromatic rings. The van der Waals surface area contributed by atoms with Crippen LogP contribution in [0.25, 0.3) is 0 Å². The minimum absolute atomic E-state index is 0.0787. The van der Waals surface area contributed by atoms with Crippen LogP contribution in [0.3, 0.4) is 0 Å². The molecule has 0 spiro atoms. The van der Waals surface area contributed by atoms with Crippen LogP contribution >= 0.6 is 0 Å². The van der Waals surface area contributed by atoms with Gasteiger partial charge in [0.15, 0.2) is 6.10 Å². The van der Waals surface area contributed by atoms with E-state index in [1.54, 1.807) is 0 Å². The summed E-state index contributed by atoms with van der Waals surface area (Å²) in [7, 11) is 0. The summed E-state index contributed by atoms with van der Waals surface area (Å²) in [5, 5.41) is 3.98. The molecule has 3 rings (SSSR count). The second-order valence-corrected chi connectivity index (χ2v) is 4.55. The quantitative estimate of drug-likeness (QED) is 0.892. The van der Waals surface area contributed by atoms with Crippen LogP contribution in [0, 0.1) is 0 Å². The number of nitrogens with zero attached hydrogens (tertiary/aromatic N) is 2. The van der Waals surface area contributed by atoms with Crippen molar-refractivity contribution in [3.63, 3.8) is 0 Å². The van der Waals surface area contributed by atoms with Gasteiger partial charge in [-0.1, -0.05) is 30.3 Å². The number of hydrogen-bond donors (Lipinski definition) is 1. The van der Waals surface area contributed by atoms with Gasteiger partial charge in [-0.2, -0.15) is 4.98 Å². The summed E-state index contributed by atoms with van der Waals surface area (Å²) in [5.74, 6) is 2.16. The normalized spacial score (nSPS) is 19.3. The van der Waals surface area contributed by atoms with E-state index in [4.69, 9.17) is 15.0 Å². The molecule has 0 saturated carbocycles. The molecule has 0 fully saturated rings. The van der Waals surface area contributed by atoms with Gasteiger partial charge < -0.3 is 15.0 Å². The SMILES string of the molecule is CC(CN)c1nc(C2Cc3ccccc3O2)no1. The molecule has 2 atom stereocenters. The zero-order chi connectivity index (χ0) is 12.5. The second kappa shape index (κ2) is 4.42. The first-order chi connectivity index (χ1) is 8.78. The molecular formula is C13H15N3O2. The third kappa shape index (κ3) is 1.86. The smallest absolute Gasteiger partial charge is 0.230 e. The minimum Gasteiger partial charge on any atom is -0.482 e. The van der Waals surface area contributed by atoms with Crippen LogP contribution in [0.4, 0.5) is 0 Å². The molecule has 0 amide bonds. The number of fused-ring (bicyclic) bond motifs is 1. The lowest BCUT2D eigenvalue weighted by molar-refractivity contribution is 0.221. The molecule has 2 N–H and O–H groups in total. The van der Waals surface area contributed by atoms with Crippen molar-refractivity contribution in [3.05, 3.63) is 41.5 Å². The molecule has 0 radical (unpaired) electrons. The third-order valence-corrected chi connectivity index (χ3v) is 3.17. The maximum Gasteiger partial charge on any atom is 0.230 e. The fourth-order valence-corrected chi connectivity index (χ4v) is 2.01. The van der Waals surface area contributed by atoms with E-state index in [9.17, 15) is 0 Å². The number of nitrogens with two attached hydrogens (primary N) is 1. The van der Waals surface area contributed by atoms with Crippen LogP contribution in [0.1, 0.15) is 36.2 Å². The molecule has 1 aromatic carbocycles. The fraction of sp³-hybridized carbons (Fsp3) is 0.385. The first kappa shape index (κ1) is 11.2. The van der Waals surface area contributed by atoms with Gasteiger partial charge in [-0.3, -0.25) is 0 Å². The van der Waals surface area contributed by atoms with E-state index in [0.29, 0.717) is 18.3 Å². The fourth-order valence-electron chi connectivity index (χ4n) is 2.01. The number of ether oxygens (including phenoxy) is 1. The Morgan fingerprint density at radius 1 is 1.44 bits per heavy atom. The van der Waals surface area contributed by atoms with Crippen LogP contribution in [-0.4, -0.2) is 16.7 Å². The summed E-state index contributed by atoms with van der Waals surface area (Å²) in [6, 6.07) is 7.97. The summed E-state index contributed by atoms with van der Waals surface area (Å²) in [5.41, 5.74) is 6.76. The van der Waals surface area contributed by atoms with E-state index in [1.807, 2.05) is 25.1 Å². The zero-order valence-electron chi connectivity index (χ0n) is 10.2. The number of rotatable bonds is 3. The van der Waals surface area contributed by atoms with E-state index >= 15 is 0 Å². The highest BCUT2D eigenvalue weighted by molar-refractivity contribution is 5.37. The average Bonchev–Trinajstić information content (AvgIpc) is 3.03. The number of para-hydroxylation sites is 1. The predicted octanol–water partition coefficient (Wildman–Crippen LogP) is 1.81. The summed E-state index contributed by atoms with van der Waals surface area (Å²) in [6.45, 7) is 2.45. The maximum absolute atomic E-state index is 5.80. The topological polar surface area (TPSA) is 74.2 Å². The van der Waals surface area contributed by atoms with E-state index in [1.165, 1.54) is 5.56 Å². The van der Waals surface area contributed by atoms with E-state index < -0.39 is 0 Å². The lowest BCUT2D eigenvalue weighted by atomic mass is 10.1. The van der Waals surface area contributed by atoms with Gasteiger partial charge in [-0.25, -0.2) is 0 Å². The van der Waals surface area contributed by atoms with Crippen molar-refractivity contribution in [3.8, 4) is 5.75 Å². The number of benzene rings is 1. The Morgan fingerprint density at radius 2 is 2.28 bits per heavy atom. The van der Waals surface area contributed by atoms with Crippen LogP contribution in [0.5, 0.6) is 5.75 Å². The van der Waals surface area contributed by atoms with Gasteiger partial charge in [0.25, 0.3) is 0 Å². The lowest BCUT2D eigenvalue weighted by Crippen LogP contribution is -2.10. The summed E-state index contributed by atoms with van der Waals surface area (Å²) >= 11 is 0. The Labute approximate surface area is 105 Å². The Bertz CT molecular complexity index is 528. The van der Waals surface area contributed by atoms with E-state index in [-0.39, 0.29) is 12.0 Å². The highest BCUT2D eigenvalue weighted by Gasteiger charge is 2.28. The van der Waals surface area contributed by atoms with E-state index in [2.05, 4.69) is 16.2 Å². The molecule has 94 valence electrons. The monoisotopic (exact) mass is 245 g/mol. The van der Waals surface area contributed by atoms with Crippen molar-refractivity contribution in [2.75, 3.05) is 6.54 Å². The van der Waals surface area contributed by atoms with Gasteiger partial charge in [0, 0.05) is 18.9 Å². The maximum atomic E-state index is 5.80. The van der Waals surface area contributed by atoms with Crippen molar-refractivity contribution < 1.29 is 9.26 Å². The molecule has 0 aliphatic carbocycles. The molecule has 0 bridgehead atoms. The summed E-state index contributed by atoms with van der Waals surface area (Å²) in [6.07, 6.45) is 0.636. The predicted molar refractivity (Wildman–Crippen MR) is 65.3 cm³/mol. The van der Waals surface area contributed by atoms with Crippen LogP contribution in [0.15, 0.2) is 28.8 Å². The van der Waals surface area contributed by atoms with Crippen molar-refractivity contribution in [2.45, 2.75) is 25.4 Å². The second-order valence-electron chi connectivity index (χ2n) is 4.55. The van der Waals surface area contributed by atoms with Gasteiger partial charge in [0.2, 0.25) is 11.7 Å². The Kier molecular flexibility index (Phi) is 2.76. The Morgan fingerprint density at radius 3 is 3.06 bits per heavy atom. The molecule has 1 aromatic heterocycles. The summed E-state index contributed by atoms with van der Waals surface area (Å²) < 4.78 is 11.0. The summed E-state index contributed by atoms with van der Waals surface area (Å²) in [4.78, 5) is 4.36. The van der Waals surface area contributed by atoms with Gasteiger partial charge in [0.1, 0.15) is 5.75 Å². The van der Waals surface area contributed by atoms with Crippen molar-refractivity contribution >= 4 is 0 Å². The average molecular weight is 245 g/mol.